The van der Waals surface area contributed by atoms with Crippen molar-refractivity contribution in [3.8, 4) is 45.0 Å². The highest BCUT2D eigenvalue weighted by molar-refractivity contribution is 5.65. The van der Waals surface area contributed by atoms with Crippen molar-refractivity contribution in [3.05, 3.63) is 213 Å². The van der Waals surface area contributed by atoms with E-state index in [2.05, 4.69) is 310 Å². The SMILES string of the molecule is Cc1ccccc1-c1cc(C2CCCC2)c(CC(C)C)c[n+]1C.Cc1ccccc1-c1cc(CC(C)(C)C)c(C2CCCC2)c[n+]1C.Cc1ccccc1-c1cc(CC(C)(C)C)c(CC(C)(C)C)c[n+]1C.Cc1ccccc1-c1cc(CC(C)C)c(C2CCCC2)c[n+]1C. The molecule has 4 aromatic carbocycles. The molecule has 0 unspecified atom stereocenters. The summed E-state index contributed by atoms with van der Waals surface area (Å²) in [6.07, 6.45) is 31.9. The Morgan fingerprint density at radius 1 is 0.319 bits per heavy atom. The van der Waals surface area contributed by atoms with E-state index in [1.54, 1.807) is 33.4 Å². The minimum atomic E-state index is 0.287. The Bertz CT molecular complexity index is 3780. The molecule has 0 radical (unpaired) electrons. The zero-order chi connectivity index (χ0) is 68.2. The highest BCUT2D eigenvalue weighted by atomic mass is 14.9. The van der Waals surface area contributed by atoms with Gasteiger partial charge in [0.1, 0.15) is 28.2 Å². The molecular formula is C90H126N4+4. The first kappa shape index (κ1) is 73.3. The molecule has 0 saturated heterocycles. The number of aromatic nitrogens is 4. The van der Waals surface area contributed by atoms with Gasteiger partial charge in [-0.1, -0.05) is 201 Å². The second-order valence-electron chi connectivity index (χ2n) is 33.7. The summed E-state index contributed by atoms with van der Waals surface area (Å²) in [6.45, 7) is 39.2. The average Bonchev–Trinajstić information content (AvgIpc) is 1.01. The number of pyridine rings is 4. The van der Waals surface area contributed by atoms with E-state index >= 15 is 0 Å². The van der Waals surface area contributed by atoms with E-state index in [-0.39, 0.29) is 5.41 Å². The summed E-state index contributed by atoms with van der Waals surface area (Å²) in [5.41, 5.74) is 29.6. The molecule has 94 heavy (non-hydrogen) atoms. The summed E-state index contributed by atoms with van der Waals surface area (Å²) in [7, 11) is 8.79. The van der Waals surface area contributed by atoms with Gasteiger partial charge in [0, 0.05) is 68.8 Å². The summed E-state index contributed by atoms with van der Waals surface area (Å²) in [5.74, 6) is 3.72. The predicted octanol–water partition coefficient (Wildman–Crippen LogP) is 22.1. The van der Waals surface area contributed by atoms with E-state index in [1.165, 1.54) is 168 Å². The Hall–Kier alpha value is -6.52. The number of nitrogens with zero attached hydrogens (tertiary/aromatic N) is 4. The van der Waals surface area contributed by atoms with Gasteiger partial charge >= 0.3 is 0 Å². The van der Waals surface area contributed by atoms with Crippen LogP contribution in [-0.2, 0) is 60.3 Å². The molecule has 502 valence electrons. The zero-order valence-electron chi connectivity index (χ0n) is 63.1. The molecule has 3 saturated carbocycles. The standard InChI is InChI=1S/C23H32N.C23H34N.2C22H30N/c1-17-10-6-9-13-20(17)22-14-19(15-23(2,3)4)21(16-24(22)5)18-11-7-8-12-18;1-17-11-9-10-12-20(17)21-13-18(14-22(2,3)4)19(16-24(21)8)15-23(5,6)7;1-16(2)13-19-15-23(4)22(20-12-8-5-9-17(20)3)14-21(19)18-10-6-7-11-18;1-16(2)13-19-14-22(20-12-8-5-9-17(20)3)23(4)15-21(19)18-10-6-7-11-18/h6,9-10,13-14,16,18H,7-8,11-12,15H2,1-5H3;9-13,16H,14-15H2,1-8H3;2*5,8-9,12,14-16,18H,6-7,10-11,13H2,1-4H3/q4*+1. The van der Waals surface area contributed by atoms with Crippen LogP contribution in [0.15, 0.2) is 146 Å². The van der Waals surface area contributed by atoms with Crippen LogP contribution in [0.3, 0.4) is 0 Å². The molecule has 3 aliphatic carbocycles. The molecule has 4 aromatic heterocycles. The van der Waals surface area contributed by atoms with Gasteiger partial charge in [-0.2, -0.15) is 0 Å². The largest absolute Gasteiger partial charge is 0.212 e. The fraction of sp³-hybridized carbons (Fsp3) is 0.511. The quantitative estimate of drug-likeness (QED) is 0.0965. The molecule has 3 fully saturated rings. The van der Waals surface area contributed by atoms with Gasteiger partial charge in [0.05, 0.1) is 0 Å². The molecule has 0 bridgehead atoms. The van der Waals surface area contributed by atoms with Crippen molar-refractivity contribution in [2.45, 2.75) is 245 Å². The first-order chi connectivity index (χ1) is 44.4. The summed E-state index contributed by atoms with van der Waals surface area (Å²) < 4.78 is 9.33. The molecule has 4 nitrogen and oxygen atoms in total. The third-order valence-electron chi connectivity index (χ3n) is 20.1. The lowest BCUT2D eigenvalue weighted by molar-refractivity contribution is -0.661. The maximum absolute atomic E-state index is 2.50. The van der Waals surface area contributed by atoms with Crippen molar-refractivity contribution < 1.29 is 18.3 Å². The first-order valence-electron chi connectivity index (χ1n) is 36.8. The van der Waals surface area contributed by atoms with Gasteiger partial charge in [0.2, 0.25) is 22.8 Å². The second-order valence-corrected chi connectivity index (χ2v) is 33.7. The molecule has 0 aliphatic heterocycles. The van der Waals surface area contributed by atoms with Crippen LogP contribution in [0.5, 0.6) is 0 Å². The predicted molar refractivity (Wildman–Crippen MR) is 401 cm³/mol. The van der Waals surface area contributed by atoms with Crippen LogP contribution >= 0.6 is 0 Å². The molecule has 4 heterocycles. The van der Waals surface area contributed by atoms with Crippen molar-refractivity contribution in [1.29, 1.82) is 0 Å². The molecule has 8 aromatic rings. The third-order valence-corrected chi connectivity index (χ3v) is 20.1. The van der Waals surface area contributed by atoms with Gasteiger partial charge < -0.3 is 0 Å². The minimum absolute atomic E-state index is 0.287. The van der Waals surface area contributed by atoms with E-state index in [0.29, 0.717) is 22.7 Å². The second kappa shape index (κ2) is 32.5. The third kappa shape index (κ3) is 20.3. The maximum Gasteiger partial charge on any atom is 0.212 e. The molecule has 0 N–H and O–H groups in total. The van der Waals surface area contributed by atoms with E-state index in [1.807, 2.05) is 0 Å². The molecule has 0 amide bonds. The molecule has 0 atom stereocenters. The summed E-state index contributed by atoms with van der Waals surface area (Å²) >= 11 is 0. The van der Waals surface area contributed by atoms with Crippen LogP contribution in [0.1, 0.15) is 252 Å². The lowest BCUT2D eigenvalue weighted by atomic mass is 9.81. The molecule has 3 aliphatic rings. The number of aryl methyl sites for hydroxylation is 8. The van der Waals surface area contributed by atoms with Gasteiger partial charge in [-0.05, 0) is 213 Å². The van der Waals surface area contributed by atoms with Crippen molar-refractivity contribution in [3.63, 3.8) is 0 Å². The van der Waals surface area contributed by atoms with E-state index in [9.17, 15) is 0 Å². The van der Waals surface area contributed by atoms with Crippen LogP contribution in [0, 0.1) is 55.8 Å². The fourth-order valence-corrected chi connectivity index (χ4v) is 15.6. The Labute approximate surface area is 573 Å². The van der Waals surface area contributed by atoms with Crippen LogP contribution in [0.25, 0.3) is 45.0 Å². The Kier molecular flexibility index (Phi) is 25.3. The Balaban J connectivity index is 0.000000161. The van der Waals surface area contributed by atoms with Gasteiger partial charge in [-0.15, -0.1) is 0 Å². The monoisotopic (exact) mass is 1260 g/mol. The van der Waals surface area contributed by atoms with Crippen LogP contribution in [0.2, 0.25) is 0 Å². The Morgan fingerprint density at radius 2 is 0.585 bits per heavy atom. The fourth-order valence-electron chi connectivity index (χ4n) is 15.6. The lowest BCUT2D eigenvalue weighted by Crippen LogP contribution is -2.33. The van der Waals surface area contributed by atoms with Crippen molar-refractivity contribution in [2.75, 3.05) is 0 Å². The van der Waals surface area contributed by atoms with Crippen LogP contribution in [-0.4, -0.2) is 0 Å². The van der Waals surface area contributed by atoms with E-state index < -0.39 is 0 Å². The number of benzene rings is 4. The average molecular weight is 1260 g/mol. The zero-order valence-corrected chi connectivity index (χ0v) is 63.1. The minimum Gasteiger partial charge on any atom is -0.201 e. The van der Waals surface area contributed by atoms with Crippen LogP contribution in [0.4, 0.5) is 0 Å². The topological polar surface area (TPSA) is 15.5 Å². The molecule has 11 rings (SSSR count). The number of hydrogen-bond donors (Lipinski definition) is 0. The first-order valence-corrected chi connectivity index (χ1v) is 36.8. The maximum atomic E-state index is 2.50. The molecule has 4 heteroatoms. The van der Waals surface area contributed by atoms with E-state index in [0.717, 1.165) is 37.0 Å². The Morgan fingerprint density at radius 3 is 0.936 bits per heavy atom. The molecular weight excluding hydrogens is 1140 g/mol. The van der Waals surface area contributed by atoms with Crippen molar-refractivity contribution >= 4 is 0 Å². The highest BCUT2D eigenvalue weighted by Gasteiger charge is 2.31. The summed E-state index contributed by atoms with van der Waals surface area (Å²) in [4.78, 5) is 0. The van der Waals surface area contributed by atoms with E-state index in [4.69, 9.17) is 0 Å². The normalized spacial score (nSPS) is 14.8. The summed E-state index contributed by atoms with van der Waals surface area (Å²) in [6, 6.07) is 44.8. The van der Waals surface area contributed by atoms with Gasteiger partial charge in [-0.25, -0.2) is 18.3 Å². The smallest absolute Gasteiger partial charge is 0.201 e. The highest BCUT2D eigenvalue weighted by Crippen LogP contribution is 2.41. The summed E-state index contributed by atoms with van der Waals surface area (Å²) in [5, 5.41) is 0. The number of rotatable bonds is 14. The van der Waals surface area contributed by atoms with Gasteiger partial charge in [-0.3, -0.25) is 0 Å². The number of hydrogen-bond acceptors (Lipinski definition) is 0. The molecule has 0 spiro atoms. The van der Waals surface area contributed by atoms with Crippen molar-refractivity contribution in [2.24, 2.45) is 56.3 Å². The van der Waals surface area contributed by atoms with Crippen LogP contribution < -0.4 is 18.3 Å². The van der Waals surface area contributed by atoms with Crippen molar-refractivity contribution in [1.82, 2.24) is 0 Å². The lowest BCUT2D eigenvalue weighted by Gasteiger charge is -2.24. The van der Waals surface area contributed by atoms with Gasteiger partial charge in [0.15, 0.2) is 24.8 Å². The van der Waals surface area contributed by atoms with Gasteiger partial charge in [0.25, 0.3) is 0 Å².